The van der Waals surface area contributed by atoms with Crippen molar-refractivity contribution in [1.82, 2.24) is 18.8 Å². The summed E-state index contributed by atoms with van der Waals surface area (Å²) in [5.74, 6) is 0.694. The van der Waals surface area contributed by atoms with Crippen LogP contribution in [-0.2, 0) is 21.8 Å². The lowest BCUT2D eigenvalue weighted by Crippen LogP contribution is -2.60. The molecule has 0 aliphatic carbocycles. The number of likely N-dealkylation sites (N-methyl/N-ethyl adjacent to an activating group) is 1. The van der Waals surface area contributed by atoms with Crippen molar-refractivity contribution in [1.29, 1.82) is 0 Å². The minimum atomic E-state index is -3.56. The molecular weight excluding hydrogens is 292 g/mol. The molecule has 0 saturated carbocycles. The number of likely N-dealkylation sites (tertiary alicyclic amines) is 1. The number of rotatable bonds is 2. The van der Waals surface area contributed by atoms with E-state index in [-0.39, 0.29) is 17.2 Å². The topological polar surface area (TPSA) is 67.7 Å². The van der Waals surface area contributed by atoms with Gasteiger partial charge < -0.3 is 14.2 Å². The second kappa shape index (κ2) is 5.35. The highest BCUT2D eigenvalue weighted by Crippen LogP contribution is 2.27. The third kappa shape index (κ3) is 2.61. The zero-order chi connectivity index (χ0) is 15.2. The van der Waals surface area contributed by atoms with Gasteiger partial charge in [0.25, 0.3) is 10.0 Å². The molecule has 0 spiro atoms. The Labute approximate surface area is 125 Å². The summed E-state index contributed by atoms with van der Waals surface area (Å²) >= 11 is 0. The molecule has 3 rings (SSSR count). The first-order valence-electron chi connectivity index (χ1n) is 7.21. The highest BCUT2D eigenvalue weighted by molar-refractivity contribution is 7.89. The number of hydrogen-bond donors (Lipinski definition) is 0. The van der Waals surface area contributed by atoms with Gasteiger partial charge in [-0.05, 0) is 20.4 Å². The summed E-state index contributed by atoms with van der Waals surface area (Å²) in [6.07, 6.45) is 2.45. The van der Waals surface area contributed by atoms with Gasteiger partial charge in [-0.2, -0.15) is 4.31 Å². The van der Waals surface area contributed by atoms with Crippen LogP contribution >= 0.6 is 0 Å². The van der Waals surface area contributed by atoms with Gasteiger partial charge in [0, 0.05) is 32.9 Å². The zero-order valence-electron chi connectivity index (χ0n) is 12.7. The van der Waals surface area contributed by atoms with E-state index in [0.29, 0.717) is 25.5 Å². The quantitative estimate of drug-likeness (QED) is 0.758. The molecule has 118 valence electrons. The maximum Gasteiger partial charge on any atom is 0.262 e. The first kappa shape index (κ1) is 15.0. The van der Waals surface area contributed by atoms with Crippen LogP contribution in [-0.4, -0.2) is 72.6 Å². The molecule has 0 radical (unpaired) electrons. The predicted molar refractivity (Wildman–Crippen MR) is 77.5 cm³/mol. The first-order valence-corrected chi connectivity index (χ1v) is 8.65. The number of aromatic nitrogens is 2. The summed E-state index contributed by atoms with van der Waals surface area (Å²) < 4.78 is 34.9. The van der Waals surface area contributed by atoms with E-state index in [4.69, 9.17) is 4.74 Å². The van der Waals surface area contributed by atoms with Gasteiger partial charge in [0.15, 0.2) is 5.03 Å². The standard InChI is InChI=1S/C13H22N4O3S/c1-10-14-13(9-16(10)3)21(18,19)17-6-7-20-12-4-5-15(2)8-11(12)17/h9,11-12H,4-8H2,1-3H3. The number of aryl methyl sites for hydroxylation is 2. The molecule has 1 aromatic heterocycles. The molecule has 2 unspecified atom stereocenters. The van der Waals surface area contributed by atoms with E-state index in [9.17, 15) is 8.42 Å². The molecule has 0 aromatic carbocycles. The number of ether oxygens (including phenoxy) is 1. The van der Waals surface area contributed by atoms with Gasteiger partial charge in [-0.3, -0.25) is 0 Å². The molecule has 2 atom stereocenters. The maximum atomic E-state index is 12.9. The van der Waals surface area contributed by atoms with Crippen LogP contribution in [0, 0.1) is 6.92 Å². The summed E-state index contributed by atoms with van der Waals surface area (Å²) in [4.78, 5) is 6.35. The zero-order valence-corrected chi connectivity index (χ0v) is 13.5. The van der Waals surface area contributed by atoms with Gasteiger partial charge in [0.2, 0.25) is 0 Å². The normalized spacial score (nSPS) is 28.5. The second-order valence-corrected chi connectivity index (χ2v) is 7.72. The molecule has 2 saturated heterocycles. The van der Waals surface area contributed by atoms with Gasteiger partial charge in [0.05, 0.1) is 18.8 Å². The van der Waals surface area contributed by atoms with Crippen LogP contribution in [0.15, 0.2) is 11.2 Å². The number of sulfonamides is 1. The molecule has 8 heteroatoms. The number of piperidine rings is 1. The van der Waals surface area contributed by atoms with Crippen LogP contribution in [0.3, 0.4) is 0 Å². The maximum absolute atomic E-state index is 12.9. The van der Waals surface area contributed by atoms with Gasteiger partial charge in [-0.1, -0.05) is 0 Å². The van der Waals surface area contributed by atoms with Gasteiger partial charge >= 0.3 is 0 Å². The van der Waals surface area contributed by atoms with Gasteiger partial charge in [-0.15, -0.1) is 0 Å². The van der Waals surface area contributed by atoms with E-state index in [1.165, 1.54) is 0 Å². The average molecular weight is 314 g/mol. The molecule has 2 aliphatic heterocycles. The van der Waals surface area contributed by atoms with E-state index >= 15 is 0 Å². The summed E-state index contributed by atoms with van der Waals surface area (Å²) in [6, 6.07) is -0.121. The van der Waals surface area contributed by atoms with Crippen LogP contribution in [0.1, 0.15) is 12.2 Å². The number of morpholine rings is 1. The van der Waals surface area contributed by atoms with Crippen molar-refractivity contribution in [3.05, 3.63) is 12.0 Å². The SMILES string of the molecule is Cc1nc(S(=O)(=O)N2CCOC3CCN(C)CC32)cn1C. The second-order valence-electron chi connectivity index (χ2n) is 5.88. The largest absolute Gasteiger partial charge is 0.375 e. The minimum Gasteiger partial charge on any atom is -0.375 e. The summed E-state index contributed by atoms with van der Waals surface area (Å²) in [6.45, 7) is 4.30. The third-order valence-corrected chi connectivity index (χ3v) is 6.19. The van der Waals surface area contributed by atoms with E-state index in [2.05, 4.69) is 9.88 Å². The number of imidazole rings is 1. The van der Waals surface area contributed by atoms with Crippen LogP contribution in [0.2, 0.25) is 0 Å². The van der Waals surface area contributed by atoms with Crippen molar-refractivity contribution in [2.45, 2.75) is 30.5 Å². The minimum absolute atomic E-state index is 0.00506. The molecule has 1 aromatic rings. The lowest BCUT2D eigenvalue weighted by atomic mass is 10.0. The molecule has 2 aliphatic rings. The highest BCUT2D eigenvalue weighted by atomic mass is 32.2. The Morgan fingerprint density at radius 1 is 1.33 bits per heavy atom. The van der Waals surface area contributed by atoms with E-state index in [1.807, 2.05) is 7.05 Å². The van der Waals surface area contributed by atoms with Crippen molar-refractivity contribution in [2.75, 3.05) is 33.3 Å². The van der Waals surface area contributed by atoms with Crippen LogP contribution < -0.4 is 0 Å². The van der Waals surface area contributed by atoms with Crippen molar-refractivity contribution in [2.24, 2.45) is 7.05 Å². The highest BCUT2D eigenvalue weighted by Gasteiger charge is 2.43. The first-order chi connectivity index (χ1) is 9.89. The summed E-state index contributed by atoms with van der Waals surface area (Å²) in [7, 11) is 0.255. The van der Waals surface area contributed by atoms with Gasteiger partial charge in [0.1, 0.15) is 5.82 Å². The molecule has 0 N–H and O–H groups in total. The number of hydrogen-bond acceptors (Lipinski definition) is 5. The Kier molecular flexibility index (Phi) is 3.81. The molecular formula is C13H22N4O3S. The molecule has 2 fully saturated rings. The molecule has 21 heavy (non-hydrogen) atoms. The number of fused-ring (bicyclic) bond motifs is 1. The summed E-state index contributed by atoms with van der Waals surface area (Å²) in [5, 5.41) is 0.136. The fraction of sp³-hybridized carbons (Fsp3) is 0.769. The van der Waals surface area contributed by atoms with Crippen LogP contribution in [0.4, 0.5) is 0 Å². The van der Waals surface area contributed by atoms with Crippen LogP contribution in [0.25, 0.3) is 0 Å². The molecule has 7 nitrogen and oxygen atoms in total. The van der Waals surface area contributed by atoms with Crippen molar-refractivity contribution in [3.63, 3.8) is 0 Å². The van der Waals surface area contributed by atoms with E-state index in [0.717, 1.165) is 13.0 Å². The van der Waals surface area contributed by atoms with Crippen molar-refractivity contribution in [3.8, 4) is 0 Å². The van der Waals surface area contributed by atoms with Crippen LogP contribution in [0.5, 0.6) is 0 Å². The Hall–Kier alpha value is -0.960. The summed E-state index contributed by atoms with van der Waals surface area (Å²) in [5.41, 5.74) is 0. The fourth-order valence-electron chi connectivity index (χ4n) is 3.07. The average Bonchev–Trinajstić information content (AvgIpc) is 2.78. The monoisotopic (exact) mass is 314 g/mol. The van der Waals surface area contributed by atoms with E-state index in [1.54, 1.807) is 29.0 Å². The lowest BCUT2D eigenvalue weighted by molar-refractivity contribution is -0.0720. The van der Waals surface area contributed by atoms with Crippen molar-refractivity contribution >= 4 is 10.0 Å². The van der Waals surface area contributed by atoms with Gasteiger partial charge in [-0.25, -0.2) is 13.4 Å². The molecule has 0 bridgehead atoms. The Morgan fingerprint density at radius 3 is 2.76 bits per heavy atom. The third-order valence-electron chi connectivity index (χ3n) is 4.40. The smallest absolute Gasteiger partial charge is 0.262 e. The molecule has 0 amide bonds. The van der Waals surface area contributed by atoms with E-state index < -0.39 is 10.0 Å². The predicted octanol–water partition coefficient (Wildman–Crippen LogP) is -0.178. The molecule has 3 heterocycles. The lowest BCUT2D eigenvalue weighted by Gasteiger charge is -2.45. The Balaban J connectivity index is 1.93. The Morgan fingerprint density at radius 2 is 2.10 bits per heavy atom. The fourth-order valence-corrected chi connectivity index (χ4v) is 4.72. The van der Waals surface area contributed by atoms with Crippen molar-refractivity contribution < 1.29 is 13.2 Å². The number of nitrogens with zero attached hydrogens (tertiary/aromatic N) is 4. The Bertz CT molecular complexity index is 608.